The normalized spacial score (nSPS) is 18.3. The van der Waals surface area contributed by atoms with Crippen LogP contribution < -0.4 is 21.3 Å². The van der Waals surface area contributed by atoms with Gasteiger partial charge in [-0.05, 0) is 43.2 Å². The Kier molecular flexibility index (Phi) is 6.40. The number of alkyl halides is 4. The molecular formula is C23H26F4N6. The summed E-state index contributed by atoms with van der Waals surface area (Å²) in [6.45, 7) is 5.11. The van der Waals surface area contributed by atoms with Gasteiger partial charge in [-0.1, -0.05) is 18.2 Å². The van der Waals surface area contributed by atoms with Crippen molar-refractivity contribution in [2.75, 3.05) is 36.4 Å². The van der Waals surface area contributed by atoms with E-state index in [9.17, 15) is 17.6 Å². The van der Waals surface area contributed by atoms with E-state index in [1.54, 1.807) is 6.07 Å². The molecule has 0 aliphatic carbocycles. The van der Waals surface area contributed by atoms with Crippen LogP contribution in [0.5, 0.6) is 0 Å². The van der Waals surface area contributed by atoms with E-state index in [0.717, 1.165) is 17.1 Å². The molecular weight excluding hydrogens is 436 g/mol. The zero-order chi connectivity index (χ0) is 23.8. The number of rotatable bonds is 4. The fraction of sp³-hybridized carbons (Fsp3) is 0.391. The van der Waals surface area contributed by atoms with Crippen LogP contribution in [0.15, 0.2) is 36.4 Å². The average molecular weight is 462 g/mol. The van der Waals surface area contributed by atoms with Gasteiger partial charge >= 0.3 is 6.18 Å². The van der Waals surface area contributed by atoms with Gasteiger partial charge in [-0.3, -0.25) is 0 Å². The van der Waals surface area contributed by atoms with Crippen LogP contribution in [0.25, 0.3) is 10.8 Å². The van der Waals surface area contributed by atoms with E-state index in [1.165, 1.54) is 13.0 Å². The number of aromatic nitrogens is 2. The van der Waals surface area contributed by atoms with Gasteiger partial charge in [0.1, 0.15) is 12.3 Å². The highest BCUT2D eigenvalue weighted by Crippen LogP contribution is 2.35. The van der Waals surface area contributed by atoms with Gasteiger partial charge in [0.25, 0.3) is 0 Å². The van der Waals surface area contributed by atoms with Gasteiger partial charge in [-0.2, -0.15) is 18.3 Å². The molecule has 1 saturated heterocycles. The van der Waals surface area contributed by atoms with Gasteiger partial charge in [0, 0.05) is 36.1 Å². The van der Waals surface area contributed by atoms with Gasteiger partial charge in [-0.25, -0.2) is 4.39 Å². The lowest BCUT2D eigenvalue weighted by Gasteiger charge is -2.24. The summed E-state index contributed by atoms with van der Waals surface area (Å²) in [5.74, 6) is 0.353. The minimum atomic E-state index is -4.47. The smallest absolute Gasteiger partial charge is 0.367 e. The maximum absolute atomic E-state index is 14.1. The summed E-state index contributed by atoms with van der Waals surface area (Å²) >= 11 is 0. The number of halogens is 4. The van der Waals surface area contributed by atoms with Crippen molar-refractivity contribution < 1.29 is 17.6 Å². The lowest BCUT2D eigenvalue weighted by atomic mass is 10.00. The van der Waals surface area contributed by atoms with E-state index in [-0.39, 0.29) is 12.1 Å². The molecule has 2 aromatic carbocycles. The monoisotopic (exact) mass is 462 g/mol. The summed E-state index contributed by atoms with van der Waals surface area (Å²) in [5, 5.41) is 16.0. The van der Waals surface area contributed by atoms with Crippen molar-refractivity contribution in [3.63, 3.8) is 0 Å². The Bertz CT molecular complexity index is 1150. The zero-order valence-corrected chi connectivity index (χ0v) is 18.4. The number of nitrogens with zero attached hydrogens (tertiary/aromatic N) is 3. The van der Waals surface area contributed by atoms with E-state index < -0.39 is 24.1 Å². The molecule has 3 aromatic rings. The molecule has 0 bridgehead atoms. The summed E-state index contributed by atoms with van der Waals surface area (Å²) in [4.78, 5) is 1.96. The Labute approximate surface area is 189 Å². The Hall–Kier alpha value is -2.98. The predicted octanol–water partition coefficient (Wildman–Crippen LogP) is 4.08. The van der Waals surface area contributed by atoms with E-state index in [0.29, 0.717) is 42.1 Å². The topological polar surface area (TPSA) is 79.1 Å². The van der Waals surface area contributed by atoms with Gasteiger partial charge < -0.3 is 21.3 Å². The predicted molar refractivity (Wildman–Crippen MR) is 121 cm³/mol. The molecule has 0 saturated carbocycles. The standard InChI is InChI=1S/C23H26F4N6/c1-13-17(4-3-5-20(13)23(25,26)27)21(28)30-22-19-10-16(6-7-18(19)14(2)31-32-22)33-9-8-29-11-15(24)12-33/h3-7,10,15,21,29H,8-9,11-12,28H2,1-2H3,(H,30,32)/t15-,21-/m0/s1. The number of nitrogens with two attached hydrogens (primary N) is 1. The molecule has 33 heavy (non-hydrogen) atoms. The summed E-state index contributed by atoms with van der Waals surface area (Å²) in [6.07, 6.45) is -6.40. The highest BCUT2D eigenvalue weighted by atomic mass is 19.4. The third-order valence-electron chi connectivity index (χ3n) is 5.96. The van der Waals surface area contributed by atoms with Gasteiger partial charge in [0.15, 0.2) is 5.82 Å². The maximum Gasteiger partial charge on any atom is 0.416 e. The number of anilines is 2. The number of hydrogen-bond acceptors (Lipinski definition) is 6. The first-order valence-corrected chi connectivity index (χ1v) is 10.7. The number of benzene rings is 2. The van der Waals surface area contributed by atoms with Crippen LogP contribution in [0.1, 0.15) is 28.6 Å². The molecule has 0 unspecified atom stereocenters. The summed E-state index contributed by atoms with van der Waals surface area (Å²) < 4.78 is 54.1. The van der Waals surface area contributed by atoms with Crippen molar-refractivity contribution in [2.45, 2.75) is 32.4 Å². The first-order valence-electron chi connectivity index (χ1n) is 10.7. The second kappa shape index (κ2) is 9.11. The lowest BCUT2D eigenvalue weighted by Crippen LogP contribution is -2.30. The fourth-order valence-electron chi connectivity index (χ4n) is 4.20. The molecule has 176 valence electrons. The summed E-state index contributed by atoms with van der Waals surface area (Å²) in [6, 6.07) is 9.63. The van der Waals surface area contributed by atoms with Gasteiger partial charge in [-0.15, -0.1) is 5.10 Å². The molecule has 6 nitrogen and oxygen atoms in total. The van der Waals surface area contributed by atoms with Crippen molar-refractivity contribution in [3.05, 3.63) is 58.8 Å². The third-order valence-corrected chi connectivity index (χ3v) is 5.96. The number of fused-ring (bicyclic) bond motifs is 1. The molecule has 0 amide bonds. The molecule has 0 radical (unpaired) electrons. The van der Waals surface area contributed by atoms with Crippen LogP contribution in [0, 0.1) is 13.8 Å². The second-order valence-corrected chi connectivity index (χ2v) is 8.25. The van der Waals surface area contributed by atoms with E-state index in [2.05, 4.69) is 20.8 Å². The molecule has 2 heterocycles. The Morgan fingerprint density at radius 2 is 1.94 bits per heavy atom. The molecule has 1 fully saturated rings. The number of nitrogens with one attached hydrogen (secondary N) is 2. The van der Waals surface area contributed by atoms with Crippen molar-refractivity contribution in [1.82, 2.24) is 15.5 Å². The maximum atomic E-state index is 14.1. The molecule has 4 rings (SSSR count). The molecule has 1 aromatic heterocycles. The van der Waals surface area contributed by atoms with Crippen molar-refractivity contribution in [2.24, 2.45) is 5.73 Å². The largest absolute Gasteiger partial charge is 0.416 e. The molecule has 0 spiro atoms. The minimum Gasteiger partial charge on any atom is -0.367 e. The molecule has 2 atom stereocenters. The first-order chi connectivity index (χ1) is 15.6. The quantitative estimate of drug-likeness (QED) is 0.401. The van der Waals surface area contributed by atoms with Crippen molar-refractivity contribution in [3.8, 4) is 0 Å². The minimum absolute atomic E-state index is 0.0566. The fourth-order valence-corrected chi connectivity index (χ4v) is 4.20. The van der Waals surface area contributed by atoms with E-state index >= 15 is 0 Å². The van der Waals surface area contributed by atoms with Gasteiger partial charge in [0.05, 0.1) is 17.8 Å². The van der Waals surface area contributed by atoms with Crippen LogP contribution >= 0.6 is 0 Å². The summed E-state index contributed by atoms with van der Waals surface area (Å²) in [7, 11) is 0. The van der Waals surface area contributed by atoms with Crippen LogP contribution in [-0.2, 0) is 6.18 Å². The average Bonchev–Trinajstić information content (AvgIpc) is 2.99. The number of aryl methyl sites for hydroxylation is 1. The Balaban J connectivity index is 1.70. The molecule has 1 aliphatic rings. The van der Waals surface area contributed by atoms with Crippen LogP contribution in [0.2, 0.25) is 0 Å². The Morgan fingerprint density at radius 3 is 2.70 bits per heavy atom. The number of hydrogen-bond donors (Lipinski definition) is 3. The zero-order valence-electron chi connectivity index (χ0n) is 18.4. The van der Waals surface area contributed by atoms with Gasteiger partial charge in [0.2, 0.25) is 0 Å². The molecule has 10 heteroatoms. The lowest BCUT2D eigenvalue weighted by molar-refractivity contribution is -0.138. The van der Waals surface area contributed by atoms with E-state index in [4.69, 9.17) is 5.73 Å². The van der Waals surface area contributed by atoms with E-state index in [1.807, 2.05) is 30.0 Å². The first kappa shape index (κ1) is 23.2. The van der Waals surface area contributed by atoms with Crippen LogP contribution in [0.3, 0.4) is 0 Å². The summed E-state index contributed by atoms with van der Waals surface area (Å²) in [5.41, 5.74) is 7.45. The second-order valence-electron chi connectivity index (χ2n) is 8.25. The Morgan fingerprint density at radius 1 is 1.15 bits per heavy atom. The van der Waals surface area contributed by atoms with Crippen LogP contribution in [-0.4, -0.2) is 42.5 Å². The highest BCUT2D eigenvalue weighted by Gasteiger charge is 2.33. The van der Waals surface area contributed by atoms with Crippen molar-refractivity contribution in [1.29, 1.82) is 0 Å². The molecule has 1 aliphatic heterocycles. The molecule has 4 N–H and O–H groups in total. The SMILES string of the molecule is Cc1c([C@@H](N)Nc2nnc(C)c3ccc(N4CCNC[C@H](F)C4)cc23)cccc1C(F)(F)F. The van der Waals surface area contributed by atoms with Crippen LogP contribution in [0.4, 0.5) is 29.1 Å². The third kappa shape index (κ3) is 4.86. The van der Waals surface area contributed by atoms with Crippen molar-refractivity contribution >= 4 is 22.3 Å². The highest BCUT2D eigenvalue weighted by molar-refractivity contribution is 5.95.